The van der Waals surface area contributed by atoms with Gasteiger partial charge in [-0.25, -0.2) is 4.68 Å². The van der Waals surface area contributed by atoms with Crippen LogP contribution in [0.1, 0.15) is 11.4 Å². The maximum absolute atomic E-state index is 11.0. The number of rotatable bonds is 7. The number of nitrogens with zero attached hydrogens (tertiary/aromatic N) is 4. The zero-order chi connectivity index (χ0) is 14.4. The molecule has 1 heterocycles. The van der Waals surface area contributed by atoms with Gasteiger partial charge in [0.05, 0.1) is 26.9 Å². The number of hydrogen-bond donors (Lipinski definition) is 0. The van der Waals surface area contributed by atoms with Crippen molar-refractivity contribution < 1.29 is 44.1 Å². The maximum atomic E-state index is 11.0. The molecule has 1 aromatic heterocycles. The molecule has 106 valence electrons. The van der Waals surface area contributed by atoms with Crippen LogP contribution in [0.15, 0.2) is 24.3 Å². The van der Waals surface area contributed by atoms with Crippen LogP contribution in [0, 0.1) is 0 Å². The zero-order valence-electron chi connectivity index (χ0n) is 11.9. The average molecular weight is 316 g/mol. The smallest absolute Gasteiger partial charge is 0.862 e. The van der Waals surface area contributed by atoms with Gasteiger partial charge in [-0.1, -0.05) is 24.4 Å². The molecule has 7 nitrogen and oxygen atoms in total. The Morgan fingerprint density at radius 2 is 2.05 bits per heavy atom. The molecule has 0 aliphatic rings. The standard InChI is InChI=1S/C12H14N4O3S.Na/c1-18-10-4-2-9(3-5-10)8-19-7-6-16-11(12(17)20)13-14-15-16;/h2-5H,6-8H2,1H3,(H,17,20);/q;+1/p-1. The van der Waals surface area contributed by atoms with Crippen LogP contribution in [-0.2, 0) is 17.9 Å². The van der Waals surface area contributed by atoms with Gasteiger partial charge in [-0.15, -0.1) is 5.10 Å². The number of aromatic nitrogens is 4. The van der Waals surface area contributed by atoms with E-state index in [1.165, 1.54) is 4.68 Å². The number of thiocarbonyl (C=S) groups is 1. The Morgan fingerprint density at radius 3 is 2.67 bits per heavy atom. The van der Waals surface area contributed by atoms with Crippen LogP contribution in [0.5, 0.6) is 5.75 Å². The van der Waals surface area contributed by atoms with Crippen molar-refractivity contribution in [3.63, 3.8) is 0 Å². The molecule has 1 aromatic carbocycles. The molecule has 2 aromatic rings. The van der Waals surface area contributed by atoms with Gasteiger partial charge in [0.1, 0.15) is 5.75 Å². The van der Waals surface area contributed by atoms with E-state index in [0.29, 0.717) is 19.8 Å². The minimum atomic E-state index is -0.579. The first-order valence-corrected chi connectivity index (χ1v) is 6.29. The predicted molar refractivity (Wildman–Crippen MR) is 72.2 cm³/mol. The number of benzene rings is 1. The Morgan fingerprint density at radius 1 is 1.33 bits per heavy atom. The Kier molecular flexibility index (Phi) is 7.76. The fraction of sp³-hybridized carbons (Fsp3) is 0.333. The molecule has 0 radical (unpaired) electrons. The van der Waals surface area contributed by atoms with Gasteiger partial charge in [0.2, 0.25) is 0 Å². The Labute approximate surface area is 149 Å². The van der Waals surface area contributed by atoms with Crippen molar-refractivity contribution in [2.24, 2.45) is 0 Å². The molecule has 21 heavy (non-hydrogen) atoms. The minimum Gasteiger partial charge on any atom is -0.862 e. The van der Waals surface area contributed by atoms with E-state index in [0.717, 1.165) is 11.3 Å². The fourth-order valence-corrected chi connectivity index (χ4v) is 1.71. The van der Waals surface area contributed by atoms with E-state index in [4.69, 9.17) is 9.47 Å². The number of methoxy groups -OCH3 is 1. The maximum Gasteiger partial charge on any atom is 1.00 e. The molecule has 0 atom stereocenters. The third-order valence-corrected chi connectivity index (χ3v) is 2.77. The molecule has 0 bridgehead atoms. The zero-order valence-corrected chi connectivity index (χ0v) is 14.7. The van der Waals surface area contributed by atoms with E-state index in [9.17, 15) is 5.11 Å². The van der Waals surface area contributed by atoms with Crippen molar-refractivity contribution in [2.45, 2.75) is 13.2 Å². The summed E-state index contributed by atoms with van der Waals surface area (Å²) in [5, 5.41) is 21.1. The molecule has 0 amide bonds. The van der Waals surface area contributed by atoms with Crippen molar-refractivity contribution in [1.29, 1.82) is 0 Å². The van der Waals surface area contributed by atoms with Crippen LogP contribution < -0.4 is 39.4 Å². The second-order valence-corrected chi connectivity index (χ2v) is 4.28. The van der Waals surface area contributed by atoms with Crippen molar-refractivity contribution in [3.05, 3.63) is 35.7 Å². The first-order valence-electron chi connectivity index (χ1n) is 5.89. The van der Waals surface area contributed by atoms with E-state index < -0.39 is 5.05 Å². The molecule has 0 unspecified atom stereocenters. The average Bonchev–Trinajstić information content (AvgIpc) is 2.93. The molecule has 0 spiro atoms. The largest absolute Gasteiger partial charge is 1.00 e. The molecule has 0 saturated carbocycles. The van der Waals surface area contributed by atoms with Gasteiger partial charge in [-0.2, -0.15) is 0 Å². The molecule has 2 rings (SSSR count). The van der Waals surface area contributed by atoms with Gasteiger partial charge in [0, 0.05) is 5.05 Å². The Hall–Kier alpha value is -1.06. The molecule has 0 saturated heterocycles. The van der Waals surface area contributed by atoms with E-state index in [1.807, 2.05) is 24.3 Å². The summed E-state index contributed by atoms with van der Waals surface area (Å²) in [4.78, 5) is 0. The third-order valence-electron chi connectivity index (χ3n) is 2.59. The number of tetrazole rings is 1. The molecular weight excluding hydrogens is 303 g/mol. The number of hydrogen-bond acceptors (Lipinski definition) is 7. The summed E-state index contributed by atoms with van der Waals surface area (Å²) < 4.78 is 11.9. The Bertz CT molecular complexity index is 576. The molecular formula is C12H13N4NaO3S. The second-order valence-electron chi connectivity index (χ2n) is 3.91. The summed E-state index contributed by atoms with van der Waals surface area (Å²) in [6, 6.07) is 7.59. The summed E-state index contributed by atoms with van der Waals surface area (Å²) >= 11 is 4.51. The monoisotopic (exact) mass is 316 g/mol. The van der Waals surface area contributed by atoms with Crippen LogP contribution in [-0.4, -0.2) is 39.0 Å². The first kappa shape index (κ1) is 18.0. The minimum absolute atomic E-state index is 0. The second kappa shape index (κ2) is 9.06. The van der Waals surface area contributed by atoms with E-state index in [2.05, 4.69) is 27.7 Å². The predicted octanol–water partition coefficient (Wildman–Crippen LogP) is -3.06. The van der Waals surface area contributed by atoms with Crippen molar-refractivity contribution in [2.75, 3.05) is 13.7 Å². The summed E-state index contributed by atoms with van der Waals surface area (Å²) in [6.07, 6.45) is 0. The van der Waals surface area contributed by atoms with Crippen LogP contribution in [0.2, 0.25) is 0 Å². The van der Waals surface area contributed by atoms with Gasteiger partial charge >= 0.3 is 29.6 Å². The van der Waals surface area contributed by atoms with E-state index in [1.54, 1.807) is 7.11 Å². The topological polar surface area (TPSA) is 85.1 Å². The molecule has 0 aliphatic heterocycles. The van der Waals surface area contributed by atoms with Gasteiger partial charge in [-0.05, 0) is 28.1 Å². The van der Waals surface area contributed by atoms with Gasteiger partial charge in [-0.3, -0.25) is 0 Å². The van der Waals surface area contributed by atoms with Gasteiger partial charge in [0.25, 0.3) is 0 Å². The fourth-order valence-electron chi connectivity index (χ4n) is 1.56. The van der Waals surface area contributed by atoms with E-state index in [-0.39, 0.29) is 35.4 Å². The van der Waals surface area contributed by atoms with Crippen LogP contribution in [0.4, 0.5) is 0 Å². The van der Waals surface area contributed by atoms with Crippen molar-refractivity contribution in [3.8, 4) is 5.75 Å². The van der Waals surface area contributed by atoms with Crippen LogP contribution in [0.25, 0.3) is 0 Å². The van der Waals surface area contributed by atoms with Crippen LogP contribution in [0.3, 0.4) is 0 Å². The quantitative estimate of drug-likeness (QED) is 0.304. The SMILES string of the molecule is COc1ccc(COCCn2nnnc2C([O-])=S)cc1.[Na+]. The van der Waals surface area contributed by atoms with Gasteiger partial charge in [0.15, 0.2) is 5.82 Å². The van der Waals surface area contributed by atoms with Crippen molar-refractivity contribution in [1.82, 2.24) is 20.2 Å². The molecule has 0 N–H and O–H groups in total. The third kappa shape index (κ3) is 5.33. The molecule has 0 fully saturated rings. The summed E-state index contributed by atoms with van der Waals surface area (Å²) in [7, 11) is 1.62. The van der Waals surface area contributed by atoms with Crippen molar-refractivity contribution >= 4 is 17.3 Å². The molecule has 0 aliphatic carbocycles. The number of ether oxygens (including phenoxy) is 2. The van der Waals surface area contributed by atoms with E-state index >= 15 is 0 Å². The summed E-state index contributed by atoms with van der Waals surface area (Å²) in [5.74, 6) is 0.865. The van der Waals surface area contributed by atoms with Crippen LogP contribution >= 0.6 is 12.2 Å². The summed E-state index contributed by atoms with van der Waals surface area (Å²) in [6.45, 7) is 1.22. The molecule has 9 heteroatoms. The first-order chi connectivity index (χ1) is 9.70. The van der Waals surface area contributed by atoms with Gasteiger partial charge < -0.3 is 14.6 Å². The summed E-state index contributed by atoms with van der Waals surface area (Å²) in [5.41, 5.74) is 1.03. The Balaban J connectivity index is 0.00000220. The normalized spacial score (nSPS) is 9.95.